The van der Waals surface area contributed by atoms with Gasteiger partial charge in [0.2, 0.25) is 0 Å². The quantitative estimate of drug-likeness (QED) is 0.338. The van der Waals surface area contributed by atoms with Crippen molar-refractivity contribution in [2.24, 2.45) is 0 Å². The van der Waals surface area contributed by atoms with Gasteiger partial charge in [0.15, 0.2) is 0 Å². The number of ether oxygens (including phenoxy) is 2. The molecule has 0 atom stereocenters. The minimum atomic E-state index is -4.54. The lowest BCUT2D eigenvalue weighted by molar-refractivity contribution is -0.383. The Morgan fingerprint density at radius 1 is 1.00 bits per heavy atom. The molecule has 0 heterocycles. The highest BCUT2D eigenvalue weighted by atomic mass is 35.5. The number of para-hydroxylation sites is 2. The summed E-state index contributed by atoms with van der Waals surface area (Å²) < 4.78 is 49.1. The normalized spacial score (nSPS) is 11.1. The van der Waals surface area contributed by atoms with Gasteiger partial charge in [-0.3, -0.25) is 10.1 Å². The smallest absolute Gasteiger partial charge is 0.416 e. The van der Waals surface area contributed by atoms with Gasteiger partial charge in [0.1, 0.15) is 22.9 Å². The van der Waals surface area contributed by atoms with Crippen molar-refractivity contribution >= 4 is 28.7 Å². The van der Waals surface area contributed by atoms with Crippen molar-refractivity contribution in [2.45, 2.75) is 6.18 Å². The molecule has 0 aliphatic heterocycles. The number of alkyl halides is 3. The van der Waals surface area contributed by atoms with Crippen LogP contribution < -0.4 is 14.8 Å². The molecule has 0 spiro atoms. The standard InChI is InChI=1S/C20H14ClF3N2O4/c1-29-19-5-3-2-4-15(19)25-16-11-13(7-8-17(16)26(27)28)30-18-9-6-12(10-14(18)21)20(22,23)24/h2-11,25H,1H3. The van der Waals surface area contributed by atoms with Gasteiger partial charge in [-0.05, 0) is 36.4 Å². The number of nitrogens with zero attached hydrogens (tertiary/aromatic N) is 1. The van der Waals surface area contributed by atoms with Crippen molar-refractivity contribution in [3.05, 3.63) is 81.4 Å². The van der Waals surface area contributed by atoms with Crippen LogP contribution in [-0.2, 0) is 6.18 Å². The van der Waals surface area contributed by atoms with E-state index < -0.39 is 16.7 Å². The number of nitrogens with one attached hydrogen (secondary N) is 1. The Hall–Kier alpha value is -3.46. The number of nitro groups is 1. The minimum Gasteiger partial charge on any atom is -0.495 e. The summed E-state index contributed by atoms with van der Waals surface area (Å²) in [6.45, 7) is 0. The first-order chi connectivity index (χ1) is 14.2. The highest BCUT2D eigenvalue weighted by Crippen LogP contribution is 2.39. The highest BCUT2D eigenvalue weighted by Gasteiger charge is 2.31. The minimum absolute atomic E-state index is 0.0261. The monoisotopic (exact) mass is 438 g/mol. The third-order valence-corrected chi connectivity index (χ3v) is 4.32. The molecular weight excluding hydrogens is 425 g/mol. The molecule has 6 nitrogen and oxygen atoms in total. The number of anilines is 2. The van der Waals surface area contributed by atoms with Crippen molar-refractivity contribution in [1.29, 1.82) is 0 Å². The molecule has 3 aromatic rings. The fourth-order valence-electron chi connectivity index (χ4n) is 2.62. The molecule has 0 aromatic heterocycles. The van der Waals surface area contributed by atoms with E-state index in [4.69, 9.17) is 21.1 Å². The molecule has 1 N–H and O–H groups in total. The van der Waals surface area contributed by atoms with Crippen molar-refractivity contribution in [3.63, 3.8) is 0 Å². The van der Waals surface area contributed by atoms with Crippen LogP contribution >= 0.6 is 11.6 Å². The van der Waals surface area contributed by atoms with Gasteiger partial charge < -0.3 is 14.8 Å². The molecule has 0 saturated carbocycles. The van der Waals surface area contributed by atoms with E-state index >= 15 is 0 Å². The lowest BCUT2D eigenvalue weighted by Gasteiger charge is -2.14. The molecule has 0 saturated heterocycles. The lowest BCUT2D eigenvalue weighted by Crippen LogP contribution is -2.04. The van der Waals surface area contributed by atoms with E-state index in [0.29, 0.717) is 11.4 Å². The molecule has 10 heteroatoms. The maximum atomic E-state index is 12.8. The topological polar surface area (TPSA) is 73.6 Å². The average Bonchev–Trinajstić information content (AvgIpc) is 2.69. The molecule has 0 radical (unpaired) electrons. The third-order valence-electron chi connectivity index (χ3n) is 4.03. The van der Waals surface area contributed by atoms with E-state index in [1.807, 2.05) is 0 Å². The molecule has 0 unspecified atom stereocenters. The predicted molar refractivity (Wildman–Crippen MR) is 106 cm³/mol. The summed E-state index contributed by atoms with van der Waals surface area (Å²) in [7, 11) is 1.46. The van der Waals surface area contributed by atoms with E-state index in [1.54, 1.807) is 24.3 Å². The van der Waals surface area contributed by atoms with Crippen LogP contribution in [0.25, 0.3) is 0 Å². The Labute approximate surface area is 174 Å². The fourth-order valence-corrected chi connectivity index (χ4v) is 2.84. The lowest BCUT2D eigenvalue weighted by atomic mass is 10.2. The number of halogens is 4. The number of hydrogen-bond acceptors (Lipinski definition) is 5. The van der Waals surface area contributed by atoms with Crippen molar-refractivity contribution in [3.8, 4) is 17.2 Å². The molecule has 3 rings (SSSR count). The molecule has 0 bridgehead atoms. The first-order valence-corrected chi connectivity index (χ1v) is 8.80. The van der Waals surface area contributed by atoms with Gasteiger partial charge >= 0.3 is 6.18 Å². The van der Waals surface area contributed by atoms with Crippen LogP contribution in [0.1, 0.15) is 5.56 Å². The number of benzene rings is 3. The summed E-state index contributed by atoms with van der Waals surface area (Å²) in [5.74, 6) is 0.574. The van der Waals surface area contributed by atoms with Crippen molar-refractivity contribution in [2.75, 3.05) is 12.4 Å². The SMILES string of the molecule is COc1ccccc1Nc1cc(Oc2ccc(C(F)(F)F)cc2Cl)ccc1[N+](=O)[O-]. The Kier molecular flexibility index (Phi) is 6.02. The summed E-state index contributed by atoms with van der Waals surface area (Å²) in [5, 5.41) is 14.1. The zero-order valence-electron chi connectivity index (χ0n) is 15.4. The molecular formula is C20H14ClF3N2O4. The average molecular weight is 439 g/mol. The molecule has 0 fully saturated rings. The van der Waals surface area contributed by atoms with Crippen LogP contribution in [0.2, 0.25) is 5.02 Å². The van der Waals surface area contributed by atoms with Gasteiger partial charge in [-0.2, -0.15) is 13.2 Å². The van der Waals surface area contributed by atoms with Gasteiger partial charge in [-0.15, -0.1) is 0 Å². The second-order valence-corrected chi connectivity index (χ2v) is 6.41. The van der Waals surface area contributed by atoms with Gasteiger partial charge in [-0.25, -0.2) is 0 Å². The van der Waals surface area contributed by atoms with Crippen LogP contribution in [0.5, 0.6) is 17.2 Å². The van der Waals surface area contributed by atoms with Gasteiger partial charge in [0, 0.05) is 12.1 Å². The largest absolute Gasteiger partial charge is 0.495 e. The molecule has 0 aliphatic rings. The van der Waals surface area contributed by atoms with E-state index in [2.05, 4.69) is 5.32 Å². The number of methoxy groups -OCH3 is 1. The maximum absolute atomic E-state index is 12.8. The summed E-state index contributed by atoms with van der Waals surface area (Å²) in [4.78, 5) is 10.8. The van der Waals surface area contributed by atoms with Crippen LogP contribution in [0, 0.1) is 10.1 Å². The van der Waals surface area contributed by atoms with E-state index in [1.165, 1.54) is 25.3 Å². The Bertz CT molecular complexity index is 1090. The van der Waals surface area contributed by atoms with Crippen LogP contribution in [-0.4, -0.2) is 12.0 Å². The first kappa shape index (κ1) is 21.3. The molecule has 0 amide bonds. The van der Waals surface area contributed by atoms with Crippen LogP contribution in [0.15, 0.2) is 60.7 Å². The zero-order valence-corrected chi connectivity index (χ0v) is 16.1. The first-order valence-electron chi connectivity index (χ1n) is 8.42. The van der Waals surface area contributed by atoms with Gasteiger partial charge in [0.05, 0.1) is 28.3 Å². The van der Waals surface area contributed by atoms with Crippen LogP contribution in [0.4, 0.5) is 30.2 Å². The zero-order chi connectivity index (χ0) is 21.9. The Balaban J connectivity index is 1.94. The molecule has 3 aromatic carbocycles. The summed E-state index contributed by atoms with van der Waals surface area (Å²) >= 11 is 5.91. The molecule has 30 heavy (non-hydrogen) atoms. The van der Waals surface area contributed by atoms with Gasteiger partial charge in [0.25, 0.3) is 5.69 Å². The summed E-state index contributed by atoms with van der Waals surface area (Å²) in [6.07, 6.45) is -4.54. The second kappa shape index (κ2) is 8.50. The van der Waals surface area contributed by atoms with Crippen molar-refractivity contribution < 1.29 is 27.6 Å². The van der Waals surface area contributed by atoms with E-state index in [-0.39, 0.29) is 27.9 Å². The third kappa shape index (κ3) is 4.74. The Morgan fingerprint density at radius 2 is 1.73 bits per heavy atom. The number of nitro benzene ring substituents is 1. The molecule has 0 aliphatic carbocycles. The van der Waals surface area contributed by atoms with Crippen molar-refractivity contribution in [1.82, 2.24) is 0 Å². The van der Waals surface area contributed by atoms with E-state index in [9.17, 15) is 23.3 Å². The maximum Gasteiger partial charge on any atom is 0.416 e. The van der Waals surface area contributed by atoms with Gasteiger partial charge in [-0.1, -0.05) is 23.7 Å². The highest BCUT2D eigenvalue weighted by molar-refractivity contribution is 6.32. The second-order valence-electron chi connectivity index (χ2n) is 6.01. The number of rotatable bonds is 6. The molecule has 156 valence electrons. The Morgan fingerprint density at radius 3 is 2.37 bits per heavy atom. The van der Waals surface area contributed by atoms with E-state index in [0.717, 1.165) is 18.2 Å². The predicted octanol–water partition coefficient (Wildman–Crippen LogP) is 6.81. The summed E-state index contributed by atoms with van der Waals surface area (Å²) in [5.41, 5.74) is -0.563. The fraction of sp³-hybridized carbons (Fsp3) is 0.100. The number of hydrogen-bond donors (Lipinski definition) is 1. The summed E-state index contributed by atoms with van der Waals surface area (Å²) in [6, 6.07) is 13.4. The van der Waals surface area contributed by atoms with Crippen LogP contribution in [0.3, 0.4) is 0 Å².